The maximum atomic E-state index is 10.3. The number of aromatic hydroxyl groups is 2. The van der Waals surface area contributed by atoms with E-state index in [2.05, 4.69) is 0 Å². The predicted octanol–water partition coefficient (Wildman–Crippen LogP) is 5.46. The molecule has 2 N–H and O–H groups in total. The molecule has 0 saturated carbocycles. The van der Waals surface area contributed by atoms with E-state index in [0.717, 1.165) is 5.39 Å². The molecule has 0 radical (unpaired) electrons. The van der Waals surface area contributed by atoms with Gasteiger partial charge in [-0.15, -0.1) is 0 Å². The summed E-state index contributed by atoms with van der Waals surface area (Å²) < 4.78 is 5.83. The van der Waals surface area contributed by atoms with Crippen LogP contribution in [0.4, 0.5) is 0 Å². The van der Waals surface area contributed by atoms with Crippen LogP contribution < -0.4 is 0 Å². The summed E-state index contributed by atoms with van der Waals surface area (Å²) in [4.78, 5) is 0. The lowest BCUT2D eigenvalue weighted by Crippen LogP contribution is -1.78. The largest absolute Gasteiger partial charge is 0.506 e. The van der Waals surface area contributed by atoms with E-state index in [-0.39, 0.29) is 21.5 Å². The highest BCUT2D eigenvalue weighted by molar-refractivity contribution is 6.43. The smallest absolute Gasteiger partial charge is 0.157 e. The molecule has 0 atom stereocenters. The zero-order chi connectivity index (χ0) is 14.7. The molecule has 3 nitrogen and oxygen atoms in total. The first kappa shape index (κ1) is 12.6. The van der Waals surface area contributed by atoms with Crippen molar-refractivity contribution in [3.8, 4) is 11.5 Å². The van der Waals surface area contributed by atoms with Crippen LogP contribution in [0.3, 0.4) is 0 Å². The Morgan fingerprint density at radius 2 is 1.48 bits per heavy atom. The monoisotopic (exact) mass is 318 g/mol. The fourth-order valence-electron chi connectivity index (χ4n) is 2.65. The summed E-state index contributed by atoms with van der Waals surface area (Å²) in [6.45, 7) is 0. The molecule has 0 amide bonds. The third kappa shape index (κ3) is 1.56. The molecular weight excluding hydrogens is 311 g/mol. The molecule has 21 heavy (non-hydrogen) atoms. The summed E-state index contributed by atoms with van der Waals surface area (Å²) in [5.41, 5.74) is 0.889. The van der Waals surface area contributed by atoms with Crippen molar-refractivity contribution in [1.29, 1.82) is 0 Å². The Hall–Kier alpha value is -2.10. The van der Waals surface area contributed by atoms with E-state index in [4.69, 9.17) is 27.6 Å². The minimum atomic E-state index is -0.0622. The topological polar surface area (TPSA) is 53.6 Å². The molecule has 3 aromatic carbocycles. The van der Waals surface area contributed by atoms with E-state index in [1.165, 1.54) is 6.07 Å². The van der Waals surface area contributed by atoms with E-state index in [9.17, 15) is 10.2 Å². The second-order valence-electron chi connectivity index (χ2n) is 4.79. The van der Waals surface area contributed by atoms with Crippen molar-refractivity contribution in [2.24, 2.45) is 0 Å². The molecular formula is C16H8Cl2O3. The summed E-state index contributed by atoms with van der Waals surface area (Å²) in [7, 11) is 0. The van der Waals surface area contributed by atoms with Gasteiger partial charge in [0.2, 0.25) is 0 Å². The van der Waals surface area contributed by atoms with Gasteiger partial charge in [0.05, 0.1) is 10.4 Å². The lowest BCUT2D eigenvalue weighted by molar-refractivity contribution is 0.475. The SMILES string of the molecule is Oc1ccc2c(oc3c4ccccc4c(O)c(Cl)c23)c1Cl. The zero-order valence-corrected chi connectivity index (χ0v) is 12.0. The Bertz CT molecular complexity index is 1030. The van der Waals surface area contributed by atoms with Gasteiger partial charge in [-0.1, -0.05) is 47.5 Å². The van der Waals surface area contributed by atoms with Gasteiger partial charge in [0.15, 0.2) is 5.58 Å². The fourth-order valence-corrected chi connectivity index (χ4v) is 3.14. The van der Waals surface area contributed by atoms with Gasteiger partial charge in [-0.05, 0) is 12.1 Å². The van der Waals surface area contributed by atoms with Crippen LogP contribution in [0, 0.1) is 0 Å². The van der Waals surface area contributed by atoms with Crippen LogP contribution in [0.1, 0.15) is 0 Å². The number of phenols is 2. The van der Waals surface area contributed by atoms with E-state index in [0.29, 0.717) is 27.3 Å². The molecule has 0 bridgehead atoms. The first-order chi connectivity index (χ1) is 10.1. The molecule has 1 heterocycles. The van der Waals surface area contributed by atoms with Crippen LogP contribution in [-0.4, -0.2) is 10.2 Å². The van der Waals surface area contributed by atoms with Crippen molar-refractivity contribution in [3.05, 3.63) is 46.4 Å². The van der Waals surface area contributed by atoms with Crippen molar-refractivity contribution in [3.63, 3.8) is 0 Å². The Morgan fingerprint density at radius 3 is 2.24 bits per heavy atom. The number of halogens is 2. The van der Waals surface area contributed by atoms with Gasteiger partial charge >= 0.3 is 0 Å². The van der Waals surface area contributed by atoms with Gasteiger partial charge in [-0.3, -0.25) is 0 Å². The Kier molecular flexibility index (Phi) is 2.52. The maximum Gasteiger partial charge on any atom is 0.157 e. The predicted molar refractivity (Wildman–Crippen MR) is 84.6 cm³/mol. The minimum absolute atomic E-state index is 0.00617. The standard InChI is InChI=1S/C16H8Cl2O3/c17-12-10(19)6-5-9-11-13(18)14(20)7-3-1-2-4-8(7)15(11)21-16(9)12/h1-6,19-20H. The third-order valence-electron chi connectivity index (χ3n) is 3.63. The first-order valence-corrected chi connectivity index (χ1v) is 6.98. The number of fused-ring (bicyclic) bond motifs is 5. The summed E-state index contributed by atoms with van der Waals surface area (Å²) in [6, 6.07) is 10.4. The Labute approximate surface area is 128 Å². The van der Waals surface area contributed by atoms with Gasteiger partial charge in [0.1, 0.15) is 22.1 Å². The molecule has 1 aromatic heterocycles. The lowest BCUT2D eigenvalue weighted by Gasteiger charge is -2.04. The summed E-state index contributed by atoms with van der Waals surface area (Å²) >= 11 is 12.4. The molecule has 0 fully saturated rings. The molecule has 0 aliphatic carbocycles. The van der Waals surface area contributed by atoms with Gasteiger partial charge in [0.25, 0.3) is 0 Å². The molecule has 104 valence electrons. The molecule has 0 saturated heterocycles. The van der Waals surface area contributed by atoms with Crippen LogP contribution >= 0.6 is 23.2 Å². The quantitative estimate of drug-likeness (QED) is 0.453. The van der Waals surface area contributed by atoms with E-state index >= 15 is 0 Å². The van der Waals surface area contributed by atoms with Crippen molar-refractivity contribution >= 4 is 55.9 Å². The third-order valence-corrected chi connectivity index (χ3v) is 4.36. The molecule has 0 unspecified atom stereocenters. The van der Waals surface area contributed by atoms with E-state index in [1.54, 1.807) is 12.1 Å². The van der Waals surface area contributed by atoms with Crippen molar-refractivity contribution in [1.82, 2.24) is 0 Å². The van der Waals surface area contributed by atoms with Crippen LogP contribution in [-0.2, 0) is 0 Å². The molecule has 4 rings (SSSR count). The summed E-state index contributed by atoms with van der Waals surface area (Å²) in [5.74, 6) is -0.0560. The van der Waals surface area contributed by atoms with Crippen LogP contribution in [0.2, 0.25) is 10.0 Å². The van der Waals surface area contributed by atoms with Crippen molar-refractivity contribution < 1.29 is 14.6 Å². The number of hydrogen-bond donors (Lipinski definition) is 2. The van der Waals surface area contributed by atoms with Gasteiger partial charge in [0, 0.05) is 16.2 Å². The number of furan rings is 1. The average molecular weight is 319 g/mol. The van der Waals surface area contributed by atoms with Gasteiger partial charge in [-0.25, -0.2) is 0 Å². The van der Waals surface area contributed by atoms with Crippen LogP contribution in [0.15, 0.2) is 40.8 Å². The molecule has 4 aromatic rings. The highest BCUT2D eigenvalue weighted by Gasteiger charge is 2.20. The Balaban J connectivity index is 2.38. The molecule has 0 aliphatic heterocycles. The van der Waals surface area contributed by atoms with E-state index in [1.807, 2.05) is 18.2 Å². The fraction of sp³-hybridized carbons (Fsp3) is 0. The van der Waals surface area contributed by atoms with Crippen LogP contribution in [0.25, 0.3) is 32.7 Å². The summed E-state index contributed by atoms with van der Waals surface area (Å²) in [6.07, 6.45) is 0. The number of rotatable bonds is 0. The zero-order valence-electron chi connectivity index (χ0n) is 10.5. The first-order valence-electron chi connectivity index (χ1n) is 6.22. The Morgan fingerprint density at radius 1 is 0.762 bits per heavy atom. The number of hydrogen-bond acceptors (Lipinski definition) is 3. The molecule has 0 spiro atoms. The normalized spacial score (nSPS) is 11.7. The molecule has 5 heteroatoms. The molecule has 0 aliphatic rings. The van der Waals surface area contributed by atoms with Crippen LogP contribution in [0.5, 0.6) is 11.5 Å². The minimum Gasteiger partial charge on any atom is -0.506 e. The van der Waals surface area contributed by atoms with Crippen molar-refractivity contribution in [2.75, 3.05) is 0 Å². The number of phenolic OH excluding ortho intramolecular Hbond substituents is 2. The highest BCUT2D eigenvalue weighted by Crippen LogP contribution is 2.47. The van der Waals surface area contributed by atoms with E-state index < -0.39 is 0 Å². The summed E-state index contributed by atoms with van der Waals surface area (Å²) in [5, 5.41) is 22.9. The van der Waals surface area contributed by atoms with Gasteiger partial charge < -0.3 is 14.6 Å². The maximum absolute atomic E-state index is 10.3. The number of benzene rings is 3. The highest BCUT2D eigenvalue weighted by atomic mass is 35.5. The average Bonchev–Trinajstić information content (AvgIpc) is 2.89. The lowest BCUT2D eigenvalue weighted by atomic mass is 10.0. The van der Waals surface area contributed by atoms with Gasteiger partial charge in [-0.2, -0.15) is 0 Å². The second-order valence-corrected chi connectivity index (χ2v) is 5.55. The second kappa shape index (κ2) is 4.20. The van der Waals surface area contributed by atoms with Crippen molar-refractivity contribution in [2.45, 2.75) is 0 Å².